The van der Waals surface area contributed by atoms with E-state index in [-0.39, 0.29) is 5.41 Å². The Bertz CT molecular complexity index is 438. The summed E-state index contributed by atoms with van der Waals surface area (Å²) in [5.41, 5.74) is 0.247. The standard InChI is InChI=1S/C16H31NO2S/c1-5-17-12-16(11-13-6-7-14(16)10-13)8-9-20(18,19)15(2,3)4/h13-14,17H,5-12H2,1-4H3. The van der Waals surface area contributed by atoms with Crippen LogP contribution in [0.1, 0.15) is 59.8 Å². The molecule has 2 fully saturated rings. The van der Waals surface area contributed by atoms with Gasteiger partial charge in [0.05, 0.1) is 10.5 Å². The van der Waals surface area contributed by atoms with Gasteiger partial charge in [-0.3, -0.25) is 0 Å². The minimum Gasteiger partial charge on any atom is -0.316 e. The molecule has 20 heavy (non-hydrogen) atoms. The monoisotopic (exact) mass is 301 g/mol. The van der Waals surface area contributed by atoms with Crippen molar-refractivity contribution in [1.29, 1.82) is 0 Å². The molecule has 2 bridgehead atoms. The predicted molar refractivity (Wildman–Crippen MR) is 84.6 cm³/mol. The Morgan fingerprint density at radius 1 is 1.25 bits per heavy atom. The molecule has 0 saturated heterocycles. The molecular weight excluding hydrogens is 270 g/mol. The molecule has 2 aliphatic rings. The van der Waals surface area contributed by atoms with E-state index in [1.165, 1.54) is 25.7 Å². The molecule has 2 aliphatic carbocycles. The molecule has 4 heteroatoms. The first-order valence-electron chi connectivity index (χ1n) is 8.13. The zero-order valence-electron chi connectivity index (χ0n) is 13.5. The molecule has 3 nitrogen and oxygen atoms in total. The zero-order chi connectivity index (χ0) is 15.0. The molecule has 0 aromatic rings. The molecule has 0 heterocycles. The fourth-order valence-electron chi connectivity index (χ4n) is 4.19. The van der Waals surface area contributed by atoms with Gasteiger partial charge >= 0.3 is 0 Å². The van der Waals surface area contributed by atoms with E-state index < -0.39 is 14.6 Å². The lowest BCUT2D eigenvalue weighted by molar-refractivity contribution is 0.152. The van der Waals surface area contributed by atoms with E-state index in [1.807, 2.05) is 20.8 Å². The summed E-state index contributed by atoms with van der Waals surface area (Å²) in [4.78, 5) is 0. The molecule has 0 aromatic heterocycles. The topological polar surface area (TPSA) is 46.2 Å². The molecular formula is C16H31NO2S. The van der Waals surface area contributed by atoms with Crippen LogP contribution in [0.2, 0.25) is 0 Å². The first kappa shape index (κ1) is 16.3. The molecule has 3 unspecified atom stereocenters. The smallest absolute Gasteiger partial charge is 0.155 e. The predicted octanol–water partition coefficient (Wildman–Crippen LogP) is 3.01. The average molecular weight is 301 g/mol. The van der Waals surface area contributed by atoms with Crippen LogP contribution in [-0.4, -0.2) is 32.0 Å². The van der Waals surface area contributed by atoms with E-state index in [1.54, 1.807) is 0 Å². The third-order valence-corrected chi connectivity index (χ3v) is 8.24. The zero-order valence-corrected chi connectivity index (χ0v) is 14.4. The number of nitrogens with one attached hydrogen (secondary N) is 1. The SMILES string of the molecule is CCNCC1(CCS(=O)(=O)C(C)(C)C)CC2CCC1C2. The van der Waals surface area contributed by atoms with Crippen LogP contribution >= 0.6 is 0 Å². The van der Waals surface area contributed by atoms with Crippen LogP contribution in [-0.2, 0) is 9.84 Å². The van der Waals surface area contributed by atoms with Gasteiger partial charge in [0.1, 0.15) is 0 Å². The van der Waals surface area contributed by atoms with E-state index in [2.05, 4.69) is 12.2 Å². The van der Waals surface area contributed by atoms with Crippen molar-refractivity contribution < 1.29 is 8.42 Å². The Kier molecular flexibility index (Phi) is 4.56. The Hall–Kier alpha value is -0.0900. The van der Waals surface area contributed by atoms with Crippen LogP contribution in [0.5, 0.6) is 0 Å². The lowest BCUT2D eigenvalue weighted by Gasteiger charge is -2.39. The normalized spacial score (nSPS) is 33.8. The van der Waals surface area contributed by atoms with Gasteiger partial charge in [-0.25, -0.2) is 8.42 Å². The Morgan fingerprint density at radius 2 is 1.95 bits per heavy atom. The van der Waals surface area contributed by atoms with Crippen molar-refractivity contribution >= 4 is 9.84 Å². The second-order valence-corrected chi connectivity index (χ2v) is 10.8. The minimum absolute atomic E-state index is 0.247. The summed E-state index contributed by atoms with van der Waals surface area (Å²) in [5.74, 6) is 1.96. The Labute approximate surface area is 124 Å². The fourth-order valence-corrected chi connectivity index (χ4v) is 5.47. The quantitative estimate of drug-likeness (QED) is 0.820. The Balaban J connectivity index is 2.07. The number of hydrogen-bond acceptors (Lipinski definition) is 3. The molecule has 0 spiro atoms. The fraction of sp³-hybridized carbons (Fsp3) is 1.00. The van der Waals surface area contributed by atoms with Crippen LogP contribution in [0.3, 0.4) is 0 Å². The Morgan fingerprint density at radius 3 is 2.40 bits per heavy atom. The highest BCUT2D eigenvalue weighted by atomic mass is 32.2. The first-order chi connectivity index (χ1) is 9.20. The minimum atomic E-state index is -2.99. The maximum Gasteiger partial charge on any atom is 0.155 e. The summed E-state index contributed by atoms with van der Waals surface area (Å²) < 4.78 is 24.2. The third-order valence-electron chi connectivity index (χ3n) is 5.63. The van der Waals surface area contributed by atoms with Crippen LogP contribution < -0.4 is 5.32 Å². The van der Waals surface area contributed by atoms with Crippen molar-refractivity contribution in [2.24, 2.45) is 17.3 Å². The van der Waals surface area contributed by atoms with Crippen LogP contribution in [0.25, 0.3) is 0 Å². The summed E-state index contributed by atoms with van der Waals surface area (Å²) in [7, 11) is -2.99. The summed E-state index contributed by atoms with van der Waals surface area (Å²) in [5, 5.41) is 3.50. The van der Waals surface area contributed by atoms with Crippen molar-refractivity contribution in [1.82, 2.24) is 5.32 Å². The lowest BCUT2D eigenvalue weighted by Crippen LogP contribution is -2.41. The van der Waals surface area contributed by atoms with Gasteiger partial charge in [0.25, 0.3) is 0 Å². The second kappa shape index (κ2) is 5.60. The molecule has 3 atom stereocenters. The summed E-state index contributed by atoms with van der Waals surface area (Å²) >= 11 is 0. The second-order valence-electron chi connectivity index (χ2n) is 7.90. The van der Waals surface area contributed by atoms with Gasteiger partial charge < -0.3 is 5.32 Å². The van der Waals surface area contributed by atoms with Gasteiger partial charge in [-0.15, -0.1) is 0 Å². The van der Waals surface area contributed by atoms with E-state index in [4.69, 9.17) is 0 Å². The maximum atomic E-state index is 12.4. The summed E-state index contributed by atoms with van der Waals surface area (Å²) in [6.45, 7) is 9.57. The first-order valence-corrected chi connectivity index (χ1v) is 9.78. The van der Waals surface area contributed by atoms with E-state index >= 15 is 0 Å². The highest BCUT2D eigenvalue weighted by Gasteiger charge is 2.50. The maximum absolute atomic E-state index is 12.4. The molecule has 0 amide bonds. The third kappa shape index (κ3) is 3.06. The van der Waals surface area contributed by atoms with Gasteiger partial charge in [0, 0.05) is 6.54 Å². The van der Waals surface area contributed by atoms with Crippen molar-refractivity contribution in [3.05, 3.63) is 0 Å². The summed E-state index contributed by atoms with van der Waals surface area (Å²) in [6.07, 6.45) is 6.10. The van der Waals surface area contributed by atoms with Gasteiger partial charge in [0.15, 0.2) is 9.84 Å². The molecule has 118 valence electrons. The molecule has 0 aliphatic heterocycles. The molecule has 0 radical (unpaired) electrons. The van der Waals surface area contributed by atoms with Gasteiger partial charge in [-0.05, 0) is 70.3 Å². The summed E-state index contributed by atoms with van der Waals surface area (Å²) in [6, 6.07) is 0. The van der Waals surface area contributed by atoms with Gasteiger partial charge in [-0.1, -0.05) is 13.3 Å². The molecule has 0 aromatic carbocycles. The average Bonchev–Trinajstić information content (AvgIpc) is 2.93. The number of rotatable bonds is 6. The van der Waals surface area contributed by atoms with Gasteiger partial charge in [0.2, 0.25) is 0 Å². The van der Waals surface area contributed by atoms with Gasteiger partial charge in [-0.2, -0.15) is 0 Å². The lowest BCUT2D eigenvalue weighted by atomic mass is 9.71. The number of hydrogen-bond donors (Lipinski definition) is 1. The van der Waals surface area contributed by atoms with Crippen LogP contribution in [0.4, 0.5) is 0 Å². The van der Waals surface area contributed by atoms with Crippen LogP contribution in [0, 0.1) is 17.3 Å². The highest BCUT2D eigenvalue weighted by Crippen LogP contribution is 2.57. The van der Waals surface area contributed by atoms with E-state index in [0.717, 1.165) is 31.3 Å². The van der Waals surface area contributed by atoms with Crippen molar-refractivity contribution in [3.63, 3.8) is 0 Å². The molecule has 1 N–H and O–H groups in total. The van der Waals surface area contributed by atoms with Crippen LogP contribution in [0.15, 0.2) is 0 Å². The largest absolute Gasteiger partial charge is 0.316 e. The highest BCUT2D eigenvalue weighted by molar-refractivity contribution is 7.92. The van der Waals surface area contributed by atoms with Crippen molar-refractivity contribution in [2.75, 3.05) is 18.8 Å². The van der Waals surface area contributed by atoms with E-state index in [9.17, 15) is 8.42 Å². The number of sulfone groups is 1. The molecule has 2 saturated carbocycles. The van der Waals surface area contributed by atoms with Crippen molar-refractivity contribution in [2.45, 2.75) is 64.5 Å². The van der Waals surface area contributed by atoms with E-state index in [0.29, 0.717) is 5.75 Å². The number of fused-ring (bicyclic) bond motifs is 2. The molecule has 2 rings (SSSR count). The van der Waals surface area contributed by atoms with Crippen molar-refractivity contribution in [3.8, 4) is 0 Å².